The Labute approximate surface area is 104 Å². The highest BCUT2D eigenvalue weighted by molar-refractivity contribution is 4.88. The highest BCUT2D eigenvalue weighted by Gasteiger charge is 2.14. The van der Waals surface area contributed by atoms with Crippen LogP contribution in [0.2, 0.25) is 0 Å². The molecular formula is C13H24N4. The summed E-state index contributed by atoms with van der Waals surface area (Å²) < 4.78 is 2.22. The van der Waals surface area contributed by atoms with Gasteiger partial charge in [-0.15, -0.1) is 0 Å². The molecule has 1 aliphatic heterocycles. The van der Waals surface area contributed by atoms with Crippen molar-refractivity contribution < 1.29 is 0 Å². The Balaban J connectivity index is 1.70. The average Bonchev–Trinajstić information content (AvgIpc) is 2.74. The average molecular weight is 236 g/mol. The summed E-state index contributed by atoms with van der Waals surface area (Å²) >= 11 is 0. The first-order chi connectivity index (χ1) is 8.25. The lowest BCUT2D eigenvalue weighted by Gasteiger charge is -2.27. The van der Waals surface area contributed by atoms with E-state index in [0.717, 1.165) is 24.8 Å². The van der Waals surface area contributed by atoms with Gasteiger partial charge in [0.1, 0.15) is 5.82 Å². The largest absolute Gasteiger partial charge is 0.334 e. The molecule has 96 valence electrons. The van der Waals surface area contributed by atoms with Crippen LogP contribution in [0.4, 0.5) is 0 Å². The lowest BCUT2D eigenvalue weighted by Crippen LogP contribution is -2.35. The van der Waals surface area contributed by atoms with Crippen LogP contribution in [0.5, 0.6) is 0 Å². The molecule has 0 aliphatic carbocycles. The van der Waals surface area contributed by atoms with Crippen LogP contribution in [0, 0.1) is 12.8 Å². The first kappa shape index (κ1) is 12.6. The number of nitrogens with zero attached hydrogens (tertiary/aromatic N) is 3. The Morgan fingerprint density at radius 1 is 1.47 bits per heavy atom. The van der Waals surface area contributed by atoms with Gasteiger partial charge in [0, 0.05) is 32.0 Å². The van der Waals surface area contributed by atoms with E-state index >= 15 is 0 Å². The van der Waals surface area contributed by atoms with Gasteiger partial charge in [0.25, 0.3) is 0 Å². The summed E-state index contributed by atoms with van der Waals surface area (Å²) in [6, 6.07) is 0. The van der Waals surface area contributed by atoms with Crippen LogP contribution in [0.1, 0.15) is 18.7 Å². The van der Waals surface area contributed by atoms with Crippen molar-refractivity contribution >= 4 is 0 Å². The molecule has 1 saturated heterocycles. The van der Waals surface area contributed by atoms with Crippen LogP contribution in [-0.4, -0.2) is 47.7 Å². The number of aromatic nitrogens is 2. The van der Waals surface area contributed by atoms with Gasteiger partial charge in [0.2, 0.25) is 0 Å². The number of imidazole rings is 1. The van der Waals surface area contributed by atoms with Gasteiger partial charge in [-0.3, -0.25) is 0 Å². The van der Waals surface area contributed by atoms with Crippen molar-refractivity contribution in [3.05, 3.63) is 18.2 Å². The Morgan fingerprint density at radius 3 is 2.88 bits per heavy atom. The SMILES string of the molecule is Cc1nccn1CCN(C)CC1CCNCC1. The van der Waals surface area contributed by atoms with E-state index in [-0.39, 0.29) is 0 Å². The molecule has 17 heavy (non-hydrogen) atoms. The van der Waals surface area contributed by atoms with E-state index in [1.807, 2.05) is 6.20 Å². The third-order valence-corrected chi connectivity index (χ3v) is 3.67. The number of rotatable bonds is 5. The predicted octanol–water partition coefficient (Wildman–Crippen LogP) is 1.12. The molecule has 0 radical (unpaired) electrons. The number of aryl methyl sites for hydroxylation is 1. The molecule has 2 rings (SSSR count). The third kappa shape index (κ3) is 3.82. The van der Waals surface area contributed by atoms with Gasteiger partial charge >= 0.3 is 0 Å². The summed E-state index contributed by atoms with van der Waals surface area (Å²) in [5.41, 5.74) is 0. The highest BCUT2D eigenvalue weighted by atomic mass is 15.1. The van der Waals surface area contributed by atoms with Crippen molar-refractivity contribution in [2.24, 2.45) is 5.92 Å². The molecule has 2 heterocycles. The minimum Gasteiger partial charge on any atom is -0.334 e. The Kier molecular flexibility index (Phi) is 4.57. The number of piperidine rings is 1. The highest BCUT2D eigenvalue weighted by Crippen LogP contribution is 2.12. The molecule has 4 heteroatoms. The first-order valence-corrected chi connectivity index (χ1v) is 6.62. The van der Waals surface area contributed by atoms with Crippen molar-refractivity contribution in [3.63, 3.8) is 0 Å². The lowest BCUT2D eigenvalue weighted by molar-refractivity contribution is 0.233. The van der Waals surface area contributed by atoms with Gasteiger partial charge < -0.3 is 14.8 Å². The number of hydrogen-bond donors (Lipinski definition) is 1. The molecule has 1 fully saturated rings. The number of hydrogen-bond acceptors (Lipinski definition) is 3. The lowest BCUT2D eigenvalue weighted by atomic mass is 9.98. The van der Waals surface area contributed by atoms with Crippen LogP contribution in [0.3, 0.4) is 0 Å². The minimum atomic E-state index is 0.880. The quantitative estimate of drug-likeness (QED) is 0.832. The molecule has 1 aliphatic rings. The van der Waals surface area contributed by atoms with Crippen LogP contribution in [0.15, 0.2) is 12.4 Å². The molecule has 1 aromatic rings. The second-order valence-electron chi connectivity index (χ2n) is 5.12. The summed E-state index contributed by atoms with van der Waals surface area (Å²) in [7, 11) is 2.23. The summed E-state index contributed by atoms with van der Waals surface area (Å²) in [4.78, 5) is 6.70. The molecular weight excluding hydrogens is 212 g/mol. The van der Waals surface area contributed by atoms with Gasteiger partial charge in [0.05, 0.1) is 0 Å². The molecule has 1 aromatic heterocycles. The normalized spacial score (nSPS) is 17.8. The predicted molar refractivity (Wildman–Crippen MR) is 70.1 cm³/mol. The monoisotopic (exact) mass is 236 g/mol. The van der Waals surface area contributed by atoms with E-state index in [4.69, 9.17) is 0 Å². The van der Waals surface area contributed by atoms with E-state index in [1.54, 1.807) is 0 Å². The fourth-order valence-corrected chi connectivity index (χ4v) is 2.51. The third-order valence-electron chi connectivity index (χ3n) is 3.67. The smallest absolute Gasteiger partial charge is 0.105 e. The Hall–Kier alpha value is -0.870. The van der Waals surface area contributed by atoms with Gasteiger partial charge in [0.15, 0.2) is 0 Å². The maximum absolute atomic E-state index is 4.25. The maximum Gasteiger partial charge on any atom is 0.105 e. The summed E-state index contributed by atoms with van der Waals surface area (Å²) in [5, 5.41) is 3.42. The van der Waals surface area contributed by atoms with Crippen LogP contribution < -0.4 is 5.32 Å². The second-order valence-corrected chi connectivity index (χ2v) is 5.12. The van der Waals surface area contributed by atoms with Gasteiger partial charge in [-0.25, -0.2) is 4.98 Å². The van der Waals surface area contributed by atoms with Crippen molar-refractivity contribution in [2.45, 2.75) is 26.3 Å². The van der Waals surface area contributed by atoms with Crippen molar-refractivity contribution in [2.75, 3.05) is 33.2 Å². The minimum absolute atomic E-state index is 0.880. The molecule has 0 spiro atoms. The summed E-state index contributed by atoms with van der Waals surface area (Å²) in [5.74, 6) is 1.99. The van der Waals surface area contributed by atoms with E-state index < -0.39 is 0 Å². The first-order valence-electron chi connectivity index (χ1n) is 6.62. The molecule has 0 saturated carbocycles. The molecule has 4 nitrogen and oxygen atoms in total. The van der Waals surface area contributed by atoms with Crippen molar-refractivity contribution in [1.82, 2.24) is 19.8 Å². The van der Waals surface area contributed by atoms with Gasteiger partial charge in [-0.1, -0.05) is 0 Å². The Morgan fingerprint density at radius 2 is 2.24 bits per heavy atom. The fourth-order valence-electron chi connectivity index (χ4n) is 2.51. The van der Waals surface area contributed by atoms with E-state index in [1.165, 1.54) is 32.5 Å². The van der Waals surface area contributed by atoms with E-state index in [0.29, 0.717) is 0 Å². The summed E-state index contributed by atoms with van der Waals surface area (Å²) in [6.45, 7) is 7.84. The second kappa shape index (κ2) is 6.17. The molecule has 0 bridgehead atoms. The van der Waals surface area contributed by atoms with E-state index in [9.17, 15) is 0 Å². The standard InChI is InChI=1S/C13H24N4/c1-12-15-7-8-17(12)10-9-16(2)11-13-3-5-14-6-4-13/h7-8,13-14H,3-6,9-11H2,1-2H3. The van der Waals surface area contributed by atoms with E-state index in [2.05, 4.69) is 39.9 Å². The Bertz CT molecular complexity index is 328. The number of likely N-dealkylation sites (N-methyl/N-ethyl adjacent to an activating group) is 1. The van der Waals surface area contributed by atoms with Crippen molar-refractivity contribution in [1.29, 1.82) is 0 Å². The molecule has 1 N–H and O–H groups in total. The fraction of sp³-hybridized carbons (Fsp3) is 0.769. The van der Waals surface area contributed by atoms with Crippen LogP contribution in [-0.2, 0) is 6.54 Å². The molecule has 0 aromatic carbocycles. The topological polar surface area (TPSA) is 33.1 Å². The zero-order valence-electron chi connectivity index (χ0n) is 11.0. The van der Waals surface area contributed by atoms with Gasteiger partial charge in [-0.05, 0) is 45.8 Å². The maximum atomic E-state index is 4.25. The van der Waals surface area contributed by atoms with Crippen molar-refractivity contribution in [3.8, 4) is 0 Å². The zero-order chi connectivity index (χ0) is 12.1. The number of nitrogens with one attached hydrogen (secondary N) is 1. The van der Waals surface area contributed by atoms with Crippen LogP contribution >= 0.6 is 0 Å². The summed E-state index contributed by atoms with van der Waals surface area (Å²) in [6.07, 6.45) is 6.60. The molecule has 0 amide bonds. The molecule has 0 atom stereocenters. The molecule has 0 unspecified atom stereocenters. The van der Waals surface area contributed by atoms with Gasteiger partial charge in [-0.2, -0.15) is 0 Å². The zero-order valence-corrected chi connectivity index (χ0v) is 11.0. The van der Waals surface area contributed by atoms with Crippen LogP contribution in [0.25, 0.3) is 0 Å².